The Morgan fingerprint density at radius 3 is 3.00 bits per heavy atom. The molecule has 3 nitrogen and oxygen atoms in total. The van der Waals surface area contributed by atoms with Crippen molar-refractivity contribution in [2.45, 2.75) is 0 Å². The first-order valence-electron chi connectivity index (χ1n) is 1.90. The fourth-order valence-corrected chi connectivity index (χ4v) is 0.295. The third kappa shape index (κ3) is 5.86. The van der Waals surface area contributed by atoms with Crippen molar-refractivity contribution in [1.82, 2.24) is 5.32 Å². The molecule has 42 valence electrons. The predicted octanol–water partition coefficient (Wildman–Crippen LogP) is -0.461. The zero-order valence-electron chi connectivity index (χ0n) is 3.89. The van der Waals surface area contributed by atoms with E-state index in [-0.39, 0.29) is 0 Å². The molecule has 1 amide bonds. The molecule has 0 spiro atoms. The predicted molar refractivity (Wildman–Crippen MR) is 29.7 cm³/mol. The summed E-state index contributed by atoms with van der Waals surface area (Å²) in [5.74, 6) is 0. The molecule has 0 aromatic heterocycles. The SMILES string of the molecule is O=CNCCOP. The molecule has 7 heavy (non-hydrogen) atoms. The van der Waals surface area contributed by atoms with Crippen LogP contribution in [0.3, 0.4) is 0 Å². The Morgan fingerprint density at radius 1 is 1.86 bits per heavy atom. The van der Waals surface area contributed by atoms with Gasteiger partial charge in [-0.3, -0.25) is 4.79 Å². The lowest BCUT2D eigenvalue weighted by Gasteiger charge is -1.92. The molecule has 1 atom stereocenters. The van der Waals surface area contributed by atoms with Crippen molar-refractivity contribution in [2.24, 2.45) is 0 Å². The summed E-state index contributed by atoms with van der Waals surface area (Å²) in [5.41, 5.74) is 0. The van der Waals surface area contributed by atoms with E-state index in [1.807, 2.05) is 0 Å². The van der Waals surface area contributed by atoms with E-state index in [4.69, 9.17) is 0 Å². The van der Waals surface area contributed by atoms with Crippen LogP contribution in [-0.4, -0.2) is 19.6 Å². The van der Waals surface area contributed by atoms with Gasteiger partial charge in [0.2, 0.25) is 6.41 Å². The second-order valence-corrected chi connectivity index (χ2v) is 1.28. The molecule has 0 aromatic carbocycles. The zero-order valence-corrected chi connectivity index (χ0v) is 5.04. The van der Waals surface area contributed by atoms with Gasteiger partial charge in [-0.05, 0) is 0 Å². The quantitative estimate of drug-likeness (QED) is 0.310. The minimum atomic E-state index is 0.545. The highest BCUT2D eigenvalue weighted by atomic mass is 31.0. The van der Waals surface area contributed by atoms with Crippen molar-refractivity contribution in [3.8, 4) is 0 Å². The average molecular weight is 121 g/mol. The van der Waals surface area contributed by atoms with E-state index < -0.39 is 0 Å². The van der Waals surface area contributed by atoms with E-state index in [9.17, 15) is 4.79 Å². The average Bonchev–Trinajstić information content (AvgIpc) is 1.69. The first kappa shape index (κ1) is 6.86. The van der Waals surface area contributed by atoms with Gasteiger partial charge in [-0.1, -0.05) is 0 Å². The molecule has 4 heteroatoms. The second kappa shape index (κ2) is 5.86. The van der Waals surface area contributed by atoms with Gasteiger partial charge in [-0.2, -0.15) is 0 Å². The van der Waals surface area contributed by atoms with Crippen LogP contribution in [-0.2, 0) is 9.32 Å². The van der Waals surface area contributed by atoms with Gasteiger partial charge in [0.15, 0.2) is 0 Å². The van der Waals surface area contributed by atoms with Gasteiger partial charge in [0, 0.05) is 16.0 Å². The normalized spacial score (nSPS) is 8.14. The molecule has 0 rings (SSSR count). The number of hydrogen-bond donors (Lipinski definition) is 1. The highest BCUT2D eigenvalue weighted by Gasteiger charge is 1.76. The minimum Gasteiger partial charge on any atom is -0.364 e. The summed E-state index contributed by atoms with van der Waals surface area (Å²) in [6.07, 6.45) is 0.643. The van der Waals surface area contributed by atoms with Crippen LogP contribution in [0.2, 0.25) is 0 Å². The molecule has 0 aliphatic carbocycles. The lowest BCUT2D eigenvalue weighted by atomic mass is 10.7. The first-order chi connectivity index (χ1) is 3.41. The van der Waals surface area contributed by atoms with Crippen LogP contribution in [0.1, 0.15) is 0 Å². The fourth-order valence-electron chi connectivity index (χ4n) is 0.177. The molecule has 0 heterocycles. The van der Waals surface area contributed by atoms with Crippen molar-refractivity contribution in [3.63, 3.8) is 0 Å². The maximum absolute atomic E-state index is 9.51. The molecular weight excluding hydrogens is 113 g/mol. The van der Waals surface area contributed by atoms with Gasteiger partial charge < -0.3 is 9.84 Å². The largest absolute Gasteiger partial charge is 0.364 e. The lowest BCUT2D eigenvalue weighted by molar-refractivity contribution is -0.109. The summed E-state index contributed by atoms with van der Waals surface area (Å²) in [6.45, 7) is 1.12. The van der Waals surface area contributed by atoms with Crippen LogP contribution in [0.4, 0.5) is 0 Å². The fraction of sp³-hybridized carbons (Fsp3) is 0.667. The molecule has 0 aliphatic rings. The van der Waals surface area contributed by atoms with Gasteiger partial charge in [0.1, 0.15) is 0 Å². The van der Waals surface area contributed by atoms with E-state index in [1.165, 1.54) is 0 Å². The molecule has 0 saturated carbocycles. The highest BCUT2D eigenvalue weighted by Crippen LogP contribution is 1.78. The standard InChI is InChI=1S/C3H8NO2P/c5-3-4-1-2-6-7/h3H,1-2,7H2,(H,4,5). The summed E-state index contributed by atoms with van der Waals surface area (Å²) >= 11 is 0. The van der Waals surface area contributed by atoms with Crippen molar-refractivity contribution in [3.05, 3.63) is 0 Å². The molecule has 0 aromatic rings. The Balaban J connectivity index is 2.56. The van der Waals surface area contributed by atoms with Gasteiger partial charge >= 0.3 is 0 Å². The lowest BCUT2D eigenvalue weighted by Crippen LogP contribution is -2.15. The molecule has 0 radical (unpaired) electrons. The van der Waals surface area contributed by atoms with Gasteiger partial charge in [-0.25, -0.2) is 0 Å². The third-order valence-corrected chi connectivity index (χ3v) is 0.683. The van der Waals surface area contributed by atoms with Crippen LogP contribution < -0.4 is 5.32 Å². The molecule has 0 fully saturated rings. The van der Waals surface area contributed by atoms with Crippen molar-refractivity contribution >= 4 is 15.9 Å². The maximum Gasteiger partial charge on any atom is 0.207 e. The maximum atomic E-state index is 9.51. The highest BCUT2D eigenvalue weighted by molar-refractivity contribution is 7.09. The van der Waals surface area contributed by atoms with Crippen LogP contribution in [0.25, 0.3) is 0 Å². The van der Waals surface area contributed by atoms with Gasteiger partial charge in [0.25, 0.3) is 0 Å². The van der Waals surface area contributed by atoms with Gasteiger partial charge in [0.05, 0.1) is 6.61 Å². The summed E-state index contributed by atoms with van der Waals surface area (Å²) < 4.78 is 4.54. The minimum absolute atomic E-state index is 0.545. The van der Waals surface area contributed by atoms with Crippen LogP contribution in [0, 0.1) is 0 Å². The molecule has 0 bridgehead atoms. The van der Waals surface area contributed by atoms with Gasteiger partial charge in [-0.15, -0.1) is 0 Å². The summed E-state index contributed by atoms with van der Waals surface area (Å²) in [6, 6.07) is 0. The summed E-state index contributed by atoms with van der Waals surface area (Å²) in [4.78, 5) is 9.51. The number of nitrogens with one attached hydrogen (secondary N) is 1. The van der Waals surface area contributed by atoms with Crippen molar-refractivity contribution in [2.75, 3.05) is 13.2 Å². The van der Waals surface area contributed by atoms with Crippen molar-refractivity contribution < 1.29 is 9.32 Å². The monoisotopic (exact) mass is 121 g/mol. The second-order valence-electron chi connectivity index (χ2n) is 0.943. The number of hydrogen-bond acceptors (Lipinski definition) is 2. The van der Waals surface area contributed by atoms with Crippen LogP contribution >= 0.6 is 9.47 Å². The molecular formula is C3H8NO2P. The summed E-state index contributed by atoms with van der Waals surface area (Å²) in [7, 11) is 2.09. The zero-order chi connectivity index (χ0) is 5.54. The van der Waals surface area contributed by atoms with Crippen LogP contribution in [0.5, 0.6) is 0 Å². The Hall–Kier alpha value is -0.140. The van der Waals surface area contributed by atoms with E-state index in [2.05, 4.69) is 19.3 Å². The molecule has 0 aliphatic heterocycles. The summed E-state index contributed by atoms with van der Waals surface area (Å²) in [5, 5.41) is 2.43. The Labute approximate surface area is 44.7 Å². The Kier molecular flexibility index (Phi) is 5.74. The number of rotatable bonds is 4. The Morgan fingerprint density at radius 2 is 2.57 bits per heavy atom. The molecule has 1 N–H and O–H groups in total. The number of carbonyl (C=O) groups excluding carboxylic acids is 1. The smallest absolute Gasteiger partial charge is 0.207 e. The first-order valence-corrected chi connectivity index (χ1v) is 2.37. The topological polar surface area (TPSA) is 38.3 Å². The third-order valence-electron chi connectivity index (χ3n) is 0.448. The van der Waals surface area contributed by atoms with Crippen molar-refractivity contribution in [1.29, 1.82) is 0 Å². The number of carbonyl (C=O) groups is 1. The number of amides is 1. The van der Waals surface area contributed by atoms with Crippen LogP contribution in [0.15, 0.2) is 0 Å². The van der Waals surface area contributed by atoms with E-state index in [1.54, 1.807) is 0 Å². The van der Waals surface area contributed by atoms with E-state index >= 15 is 0 Å². The van der Waals surface area contributed by atoms with E-state index in [0.29, 0.717) is 19.6 Å². The molecule has 1 unspecified atom stereocenters. The Bertz CT molecular complexity index is 50.2. The molecule has 0 saturated heterocycles. The van der Waals surface area contributed by atoms with E-state index in [0.717, 1.165) is 0 Å².